The molecule has 0 atom stereocenters. The fraction of sp³-hybridized carbons (Fsp3) is 0.778. The number of ether oxygens (including phenoxy) is 1. The zero-order valence-corrected chi connectivity index (χ0v) is 9.77. The zero-order valence-electron chi connectivity index (χ0n) is 8.96. The number of rotatable bonds is 6. The van der Waals surface area contributed by atoms with Gasteiger partial charge in [-0.05, 0) is 12.8 Å². The molecule has 1 fully saturated rings. The van der Waals surface area contributed by atoms with Gasteiger partial charge in [-0.3, -0.25) is 0 Å². The Hall–Kier alpha value is -0.730. The molecule has 2 rings (SSSR count). The minimum absolute atomic E-state index is 0.138. The standard InChI is InChI=1S/C9H12F3N3OS/c10-9(11,12)5-16-4-8-15-14-7(17-8)3-13-6-1-2-6/h6,13H,1-5H2. The largest absolute Gasteiger partial charge is 0.411 e. The maximum Gasteiger partial charge on any atom is 0.411 e. The molecule has 1 aliphatic rings. The summed E-state index contributed by atoms with van der Waals surface area (Å²) in [5.41, 5.74) is 0. The summed E-state index contributed by atoms with van der Waals surface area (Å²) in [6.45, 7) is -0.759. The minimum Gasteiger partial charge on any atom is -0.365 e. The van der Waals surface area contributed by atoms with Gasteiger partial charge in [0.1, 0.15) is 23.2 Å². The molecule has 0 amide bonds. The van der Waals surface area contributed by atoms with E-state index in [4.69, 9.17) is 0 Å². The third-order valence-electron chi connectivity index (χ3n) is 2.12. The van der Waals surface area contributed by atoms with Crippen LogP contribution in [0.25, 0.3) is 0 Å². The number of nitrogens with zero attached hydrogens (tertiary/aromatic N) is 2. The van der Waals surface area contributed by atoms with E-state index in [9.17, 15) is 13.2 Å². The molecule has 1 heterocycles. The molecule has 4 nitrogen and oxygen atoms in total. The summed E-state index contributed by atoms with van der Waals surface area (Å²) in [4.78, 5) is 0. The fourth-order valence-electron chi connectivity index (χ4n) is 1.19. The zero-order chi connectivity index (χ0) is 12.3. The first-order valence-corrected chi connectivity index (χ1v) is 6.04. The molecule has 1 N–H and O–H groups in total. The van der Waals surface area contributed by atoms with Gasteiger partial charge in [-0.15, -0.1) is 10.2 Å². The van der Waals surface area contributed by atoms with E-state index in [0.717, 1.165) is 5.01 Å². The third kappa shape index (κ3) is 4.97. The van der Waals surface area contributed by atoms with Gasteiger partial charge in [0.25, 0.3) is 0 Å². The van der Waals surface area contributed by atoms with E-state index >= 15 is 0 Å². The maximum absolute atomic E-state index is 11.8. The van der Waals surface area contributed by atoms with Crippen LogP contribution in [0, 0.1) is 0 Å². The molecule has 96 valence electrons. The first-order chi connectivity index (χ1) is 8.03. The SMILES string of the molecule is FC(F)(F)COCc1nnc(CNC2CC2)s1. The predicted octanol–water partition coefficient (Wildman–Crippen LogP) is 1.87. The second-order valence-corrected chi connectivity index (χ2v) is 5.00. The lowest BCUT2D eigenvalue weighted by Crippen LogP contribution is -2.16. The lowest BCUT2D eigenvalue weighted by atomic mass is 10.6. The number of nitrogens with one attached hydrogen (secondary N) is 1. The van der Waals surface area contributed by atoms with Crippen LogP contribution in [0.4, 0.5) is 13.2 Å². The highest BCUT2D eigenvalue weighted by atomic mass is 32.1. The first kappa shape index (κ1) is 12.7. The van der Waals surface area contributed by atoms with E-state index in [2.05, 4.69) is 20.3 Å². The normalized spacial score (nSPS) is 16.4. The van der Waals surface area contributed by atoms with Gasteiger partial charge in [0.15, 0.2) is 0 Å². The lowest BCUT2D eigenvalue weighted by molar-refractivity contribution is -0.176. The summed E-state index contributed by atoms with van der Waals surface area (Å²) >= 11 is 1.28. The third-order valence-corrected chi connectivity index (χ3v) is 3.02. The number of hydrogen-bond donors (Lipinski definition) is 1. The van der Waals surface area contributed by atoms with Crippen LogP contribution in [0.3, 0.4) is 0 Å². The molecule has 0 radical (unpaired) electrons. The summed E-state index contributed by atoms with van der Waals surface area (Å²) in [5, 5.41) is 12.2. The Labute approximate surface area is 100 Å². The molecule has 0 spiro atoms. The Morgan fingerprint density at radius 2 is 2.00 bits per heavy atom. The van der Waals surface area contributed by atoms with Crippen LogP contribution in [0.15, 0.2) is 0 Å². The van der Waals surface area contributed by atoms with Crippen LogP contribution in [0.1, 0.15) is 22.9 Å². The molecular formula is C9H12F3N3OS. The molecular weight excluding hydrogens is 255 g/mol. The lowest BCUT2D eigenvalue weighted by Gasteiger charge is -2.04. The van der Waals surface area contributed by atoms with Crippen molar-refractivity contribution in [3.8, 4) is 0 Å². The second-order valence-electron chi connectivity index (χ2n) is 3.85. The van der Waals surface area contributed by atoms with Crippen LogP contribution in [0.2, 0.25) is 0 Å². The van der Waals surface area contributed by atoms with E-state index in [1.807, 2.05) is 0 Å². The Morgan fingerprint density at radius 1 is 1.29 bits per heavy atom. The Bertz CT molecular complexity index is 365. The van der Waals surface area contributed by atoms with Crippen molar-refractivity contribution in [2.45, 2.75) is 38.2 Å². The van der Waals surface area contributed by atoms with E-state index in [1.54, 1.807) is 0 Å². The Kier molecular flexibility index (Phi) is 3.95. The van der Waals surface area contributed by atoms with Gasteiger partial charge >= 0.3 is 6.18 Å². The van der Waals surface area contributed by atoms with Crippen LogP contribution in [-0.4, -0.2) is 29.0 Å². The average Bonchev–Trinajstić information content (AvgIpc) is 2.95. The van der Waals surface area contributed by atoms with Crippen molar-refractivity contribution in [2.75, 3.05) is 6.61 Å². The van der Waals surface area contributed by atoms with Crippen LogP contribution in [-0.2, 0) is 17.9 Å². The summed E-state index contributed by atoms with van der Waals surface area (Å²) < 4.78 is 39.9. The van der Waals surface area contributed by atoms with Crippen molar-refractivity contribution in [2.24, 2.45) is 0 Å². The molecule has 0 bridgehead atoms. The highest BCUT2D eigenvalue weighted by molar-refractivity contribution is 7.11. The van der Waals surface area contributed by atoms with Crippen molar-refractivity contribution < 1.29 is 17.9 Å². The van der Waals surface area contributed by atoms with Gasteiger partial charge in [0, 0.05) is 12.6 Å². The van der Waals surface area contributed by atoms with Crippen molar-refractivity contribution in [3.05, 3.63) is 10.0 Å². The van der Waals surface area contributed by atoms with Gasteiger partial charge < -0.3 is 10.1 Å². The van der Waals surface area contributed by atoms with Gasteiger partial charge in [0.2, 0.25) is 0 Å². The van der Waals surface area contributed by atoms with E-state index in [1.165, 1.54) is 24.2 Å². The van der Waals surface area contributed by atoms with E-state index in [0.29, 0.717) is 17.6 Å². The van der Waals surface area contributed by atoms with Crippen molar-refractivity contribution in [1.82, 2.24) is 15.5 Å². The highest BCUT2D eigenvalue weighted by Gasteiger charge is 2.27. The van der Waals surface area contributed by atoms with E-state index in [-0.39, 0.29) is 6.61 Å². The van der Waals surface area contributed by atoms with Gasteiger partial charge in [-0.1, -0.05) is 11.3 Å². The van der Waals surface area contributed by atoms with Crippen LogP contribution in [0.5, 0.6) is 0 Å². The van der Waals surface area contributed by atoms with Crippen LogP contribution < -0.4 is 5.32 Å². The molecule has 1 saturated carbocycles. The van der Waals surface area contributed by atoms with Crippen molar-refractivity contribution in [3.63, 3.8) is 0 Å². The van der Waals surface area contributed by atoms with Gasteiger partial charge in [-0.25, -0.2) is 0 Å². The number of alkyl halides is 3. The summed E-state index contributed by atoms with van der Waals surface area (Å²) in [6, 6.07) is 0.573. The second kappa shape index (κ2) is 5.28. The monoisotopic (exact) mass is 267 g/mol. The molecule has 0 aromatic carbocycles. The predicted molar refractivity (Wildman–Crippen MR) is 55.5 cm³/mol. The molecule has 0 unspecified atom stereocenters. The fourth-order valence-corrected chi connectivity index (χ4v) is 1.92. The van der Waals surface area contributed by atoms with Crippen molar-refractivity contribution in [1.29, 1.82) is 0 Å². The Morgan fingerprint density at radius 3 is 2.65 bits per heavy atom. The van der Waals surface area contributed by atoms with Crippen LogP contribution >= 0.6 is 11.3 Å². The minimum atomic E-state index is -4.29. The molecule has 0 saturated heterocycles. The smallest absolute Gasteiger partial charge is 0.365 e. The number of halogens is 3. The summed E-state index contributed by atoms with van der Waals surface area (Å²) in [7, 11) is 0. The maximum atomic E-state index is 11.8. The summed E-state index contributed by atoms with van der Waals surface area (Å²) in [5.74, 6) is 0. The molecule has 1 aromatic heterocycles. The summed E-state index contributed by atoms with van der Waals surface area (Å²) in [6.07, 6.45) is -1.93. The first-order valence-electron chi connectivity index (χ1n) is 5.22. The number of hydrogen-bond acceptors (Lipinski definition) is 5. The molecule has 1 aliphatic carbocycles. The molecule has 1 aromatic rings. The van der Waals surface area contributed by atoms with E-state index < -0.39 is 12.8 Å². The number of aromatic nitrogens is 2. The Balaban J connectivity index is 1.69. The molecule has 17 heavy (non-hydrogen) atoms. The average molecular weight is 267 g/mol. The molecule has 8 heteroatoms. The molecule has 0 aliphatic heterocycles. The van der Waals surface area contributed by atoms with Gasteiger partial charge in [0.05, 0.1) is 0 Å². The highest BCUT2D eigenvalue weighted by Crippen LogP contribution is 2.20. The topological polar surface area (TPSA) is 47.0 Å². The van der Waals surface area contributed by atoms with Gasteiger partial charge in [-0.2, -0.15) is 13.2 Å². The quantitative estimate of drug-likeness (QED) is 0.854. The van der Waals surface area contributed by atoms with Crippen molar-refractivity contribution >= 4 is 11.3 Å².